The van der Waals surface area contributed by atoms with Crippen molar-refractivity contribution in [2.45, 2.75) is 31.5 Å². The minimum absolute atomic E-state index is 0.0111. The van der Waals surface area contributed by atoms with Crippen LogP contribution in [0.15, 0.2) is 54.7 Å². The number of aliphatic hydroxyl groups excluding tert-OH is 1. The zero-order chi connectivity index (χ0) is 24.8. The van der Waals surface area contributed by atoms with Gasteiger partial charge in [-0.25, -0.2) is 14.3 Å². The summed E-state index contributed by atoms with van der Waals surface area (Å²) in [5, 5.41) is 30.7. The molecule has 11 heteroatoms. The molecule has 0 radical (unpaired) electrons. The van der Waals surface area contributed by atoms with Crippen molar-refractivity contribution < 1.29 is 29.3 Å². The van der Waals surface area contributed by atoms with Crippen LogP contribution in [0, 0.1) is 0 Å². The van der Waals surface area contributed by atoms with Crippen LogP contribution < -0.4 is 10.6 Å². The van der Waals surface area contributed by atoms with Gasteiger partial charge in [-0.05, 0) is 22.3 Å². The molecule has 1 aliphatic carbocycles. The van der Waals surface area contributed by atoms with Crippen molar-refractivity contribution in [3.05, 3.63) is 71.5 Å². The summed E-state index contributed by atoms with van der Waals surface area (Å²) in [4.78, 5) is 34.8. The topological polar surface area (TPSA) is 156 Å². The van der Waals surface area contributed by atoms with Gasteiger partial charge in [0.15, 0.2) is 6.10 Å². The number of hydrogen-bond acceptors (Lipinski definition) is 7. The van der Waals surface area contributed by atoms with Crippen LogP contribution in [0.3, 0.4) is 0 Å². The van der Waals surface area contributed by atoms with E-state index in [-0.39, 0.29) is 38.6 Å². The summed E-state index contributed by atoms with van der Waals surface area (Å²) < 4.78 is 6.77. The molecule has 1 heterocycles. The van der Waals surface area contributed by atoms with Crippen molar-refractivity contribution >= 4 is 18.0 Å². The van der Waals surface area contributed by atoms with Crippen molar-refractivity contribution in [2.24, 2.45) is 0 Å². The van der Waals surface area contributed by atoms with E-state index in [1.165, 1.54) is 10.9 Å². The number of carbonyl (C=O) groups excluding carboxylic acids is 2. The Kier molecular flexibility index (Phi) is 7.36. The molecule has 1 aliphatic rings. The molecule has 4 rings (SSSR count). The number of nitrogens with zero attached hydrogens (tertiary/aromatic N) is 3. The first-order chi connectivity index (χ1) is 16.9. The van der Waals surface area contributed by atoms with E-state index in [0.29, 0.717) is 5.69 Å². The van der Waals surface area contributed by atoms with Gasteiger partial charge in [-0.3, -0.25) is 4.79 Å². The molecule has 0 spiro atoms. The normalized spacial score (nSPS) is 12.9. The average Bonchev–Trinajstić information content (AvgIpc) is 3.43. The van der Waals surface area contributed by atoms with Crippen molar-refractivity contribution in [3.63, 3.8) is 0 Å². The van der Waals surface area contributed by atoms with Crippen LogP contribution >= 0.6 is 0 Å². The van der Waals surface area contributed by atoms with Crippen LogP contribution in [0.25, 0.3) is 11.1 Å². The first kappa shape index (κ1) is 23.9. The summed E-state index contributed by atoms with van der Waals surface area (Å²) in [6.07, 6.45) is -0.711. The summed E-state index contributed by atoms with van der Waals surface area (Å²) >= 11 is 0. The van der Waals surface area contributed by atoms with Gasteiger partial charge in [0.1, 0.15) is 18.8 Å². The fraction of sp³-hybridized carbons (Fsp3) is 0.292. The maximum Gasteiger partial charge on any atom is 0.407 e. The van der Waals surface area contributed by atoms with Gasteiger partial charge in [0.2, 0.25) is 5.91 Å². The second-order valence-corrected chi connectivity index (χ2v) is 8.08. The number of ether oxygens (including phenoxy) is 1. The first-order valence-electron chi connectivity index (χ1n) is 11.1. The first-order valence-corrected chi connectivity index (χ1v) is 11.1. The molecule has 0 unspecified atom stereocenters. The predicted octanol–water partition coefficient (Wildman–Crippen LogP) is 1.27. The third-order valence-electron chi connectivity index (χ3n) is 5.67. The van der Waals surface area contributed by atoms with Crippen molar-refractivity contribution in [3.8, 4) is 11.1 Å². The Hall–Kier alpha value is -4.25. The van der Waals surface area contributed by atoms with E-state index >= 15 is 0 Å². The van der Waals surface area contributed by atoms with Gasteiger partial charge in [-0.15, -0.1) is 5.10 Å². The zero-order valence-electron chi connectivity index (χ0n) is 18.8. The fourth-order valence-electron chi connectivity index (χ4n) is 3.98. The molecule has 11 nitrogen and oxygen atoms in total. The summed E-state index contributed by atoms with van der Waals surface area (Å²) in [5.74, 6) is -1.79. The van der Waals surface area contributed by atoms with Crippen molar-refractivity contribution in [1.29, 1.82) is 0 Å². The molecule has 4 N–H and O–H groups in total. The number of hydrogen-bond donors (Lipinski definition) is 4. The molecule has 0 saturated carbocycles. The quantitative estimate of drug-likeness (QED) is 0.339. The summed E-state index contributed by atoms with van der Waals surface area (Å²) in [6, 6.07) is 16.2. The van der Waals surface area contributed by atoms with E-state index in [9.17, 15) is 19.5 Å². The summed E-state index contributed by atoms with van der Waals surface area (Å²) in [7, 11) is 0. The standard InChI is InChI=1S/C24H25N5O6/c30-21(23(32)33)9-10-25-22(31)13-29-12-15(27-28-29)11-26-24(34)35-14-20-18-7-3-1-5-16(18)17-6-2-4-8-19(17)20/h1-8,12,20-21,30H,9-11,13-14H2,(H,25,31)(H,26,34)(H,32,33)/t21-/m0/s1. The third-order valence-corrected chi connectivity index (χ3v) is 5.67. The molecule has 1 atom stereocenters. The maximum absolute atomic E-state index is 12.3. The number of benzene rings is 2. The van der Waals surface area contributed by atoms with Crippen LogP contribution in [-0.4, -0.2) is 62.4 Å². The van der Waals surface area contributed by atoms with E-state index in [0.717, 1.165) is 22.3 Å². The molecule has 2 aromatic carbocycles. The number of rotatable bonds is 10. The second kappa shape index (κ2) is 10.8. The minimum atomic E-state index is -1.53. The minimum Gasteiger partial charge on any atom is -0.479 e. The molecular weight excluding hydrogens is 454 g/mol. The van der Waals surface area contributed by atoms with E-state index < -0.39 is 24.1 Å². The van der Waals surface area contributed by atoms with Crippen LogP contribution in [-0.2, 0) is 27.4 Å². The van der Waals surface area contributed by atoms with Gasteiger partial charge in [0.25, 0.3) is 0 Å². The molecule has 182 valence electrons. The molecular formula is C24H25N5O6. The Labute approximate surface area is 200 Å². The maximum atomic E-state index is 12.3. The molecule has 0 fully saturated rings. The number of alkyl carbamates (subject to hydrolysis) is 1. The van der Waals surface area contributed by atoms with Gasteiger partial charge < -0.3 is 25.6 Å². The predicted molar refractivity (Wildman–Crippen MR) is 123 cm³/mol. The molecule has 0 aliphatic heterocycles. The van der Waals surface area contributed by atoms with Gasteiger partial charge in [-0.2, -0.15) is 0 Å². The van der Waals surface area contributed by atoms with Crippen molar-refractivity contribution in [1.82, 2.24) is 25.6 Å². The number of carboxylic acid groups (broad SMARTS) is 1. The largest absolute Gasteiger partial charge is 0.479 e. The van der Waals surface area contributed by atoms with Gasteiger partial charge in [-0.1, -0.05) is 53.7 Å². The SMILES string of the molecule is O=C(Cn1cc(CNC(=O)OCC2c3ccccc3-c3ccccc32)nn1)NCC[C@H](O)C(=O)O. The number of nitrogens with one attached hydrogen (secondary N) is 2. The van der Waals surface area contributed by atoms with Crippen LogP contribution in [0.2, 0.25) is 0 Å². The molecule has 2 amide bonds. The Morgan fingerprint density at radius 3 is 2.34 bits per heavy atom. The zero-order valence-corrected chi connectivity index (χ0v) is 18.8. The van der Waals surface area contributed by atoms with Gasteiger partial charge >= 0.3 is 12.1 Å². The monoisotopic (exact) mass is 479 g/mol. The highest BCUT2D eigenvalue weighted by molar-refractivity contribution is 5.79. The highest BCUT2D eigenvalue weighted by Crippen LogP contribution is 2.44. The number of aliphatic hydroxyl groups is 1. The van der Waals surface area contributed by atoms with Gasteiger partial charge in [0.05, 0.1) is 12.7 Å². The lowest BCUT2D eigenvalue weighted by Crippen LogP contribution is -2.32. The third kappa shape index (κ3) is 5.82. The van der Waals surface area contributed by atoms with E-state index in [1.807, 2.05) is 36.4 Å². The second-order valence-electron chi connectivity index (χ2n) is 8.08. The average molecular weight is 479 g/mol. The van der Waals surface area contributed by atoms with Gasteiger partial charge in [0, 0.05) is 18.9 Å². The van der Waals surface area contributed by atoms with Crippen LogP contribution in [0.1, 0.15) is 29.2 Å². The summed E-state index contributed by atoms with van der Waals surface area (Å²) in [5.41, 5.74) is 4.99. The molecule has 0 bridgehead atoms. The fourth-order valence-corrected chi connectivity index (χ4v) is 3.98. The van der Waals surface area contributed by atoms with E-state index in [4.69, 9.17) is 9.84 Å². The Morgan fingerprint density at radius 1 is 1.03 bits per heavy atom. The molecule has 0 saturated heterocycles. The number of aromatic nitrogens is 3. The molecule has 3 aromatic rings. The van der Waals surface area contributed by atoms with Crippen LogP contribution in [0.5, 0.6) is 0 Å². The summed E-state index contributed by atoms with van der Waals surface area (Å²) in [6.45, 7) is 0.144. The Balaban J connectivity index is 1.22. The Bertz CT molecular complexity index is 1180. The van der Waals surface area contributed by atoms with Crippen LogP contribution in [0.4, 0.5) is 4.79 Å². The highest BCUT2D eigenvalue weighted by atomic mass is 16.5. The smallest absolute Gasteiger partial charge is 0.407 e. The molecule has 35 heavy (non-hydrogen) atoms. The van der Waals surface area contributed by atoms with E-state index in [1.54, 1.807) is 0 Å². The van der Waals surface area contributed by atoms with E-state index in [2.05, 4.69) is 33.1 Å². The lowest BCUT2D eigenvalue weighted by molar-refractivity contribution is -0.147. The lowest BCUT2D eigenvalue weighted by atomic mass is 9.98. The number of aliphatic carboxylic acids is 1. The van der Waals surface area contributed by atoms with Crippen molar-refractivity contribution in [2.75, 3.05) is 13.2 Å². The highest BCUT2D eigenvalue weighted by Gasteiger charge is 2.29. The Morgan fingerprint density at radius 2 is 1.69 bits per heavy atom. The lowest BCUT2D eigenvalue weighted by Gasteiger charge is -2.14. The number of carboxylic acids is 1. The molecule has 1 aromatic heterocycles. The number of amides is 2. The number of carbonyl (C=O) groups is 3. The number of fused-ring (bicyclic) bond motifs is 3.